The van der Waals surface area contributed by atoms with E-state index in [1.54, 1.807) is 6.92 Å². The van der Waals surface area contributed by atoms with Gasteiger partial charge in [-0.3, -0.25) is 9.52 Å². The Kier molecular flexibility index (Phi) is 6.34. The van der Waals surface area contributed by atoms with Gasteiger partial charge in [-0.2, -0.15) is 0 Å². The molecule has 2 heterocycles. The lowest BCUT2D eigenvalue weighted by Crippen LogP contribution is -2.19. The summed E-state index contributed by atoms with van der Waals surface area (Å²) in [6.07, 6.45) is 2.61. The van der Waals surface area contributed by atoms with Crippen LogP contribution < -0.4 is 4.72 Å². The first-order chi connectivity index (χ1) is 14.7. The van der Waals surface area contributed by atoms with Crippen molar-refractivity contribution in [1.29, 1.82) is 0 Å². The van der Waals surface area contributed by atoms with Gasteiger partial charge in [0.2, 0.25) is 10.0 Å². The number of halogens is 2. The minimum Gasteiger partial charge on any atom is -0.465 e. The van der Waals surface area contributed by atoms with Gasteiger partial charge in [0.1, 0.15) is 11.5 Å². The fourth-order valence-electron chi connectivity index (χ4n) is 3.07. The molecular formula is C20H19F2N3O5S. The molecule has 0 unspecified atom stereocenters. The van der Waals surface area contributed by atoms with Crippen molar-refractivity contribution >= 4 is 38.5 Å². The third-order valence-electron chi connectivity index (χ3n) is 4.47. The average Bonchev–Trinajstić information content (AvgIpc) is 3.13. The van der Waals surface area contributed by atoms with Crippen molar-refractivity contribution < 1.29 is 31.5 Å². The molecule has 0 atom stereocenters. The number of methoxy groups -OCH3 is 1. The molecule has 0 aliphatic rings. The van der Waals surface area contributed by atoms with Gasteiger partial charge in [-0.25, -0.2) is 27.0 Å². The molecular weight excluding hydrogens is 432 g/mol. The molecule has 3 aromatic rings. The Hall–Kier alpha value is -3.34. The molecule has 2 aromatic heterocycles. The Labute approximate surface area is 176 Å². The fourth-order valence-corrected chi connectivity index (χ4v) is 4.20. The van der Waals surface area contributed by atoms with Crippen LogP contribution in [0.1, 0.15) is 39.6 Å². The van der Waals surface area contributed by atoms with Crippen molar-refractivity contribution in [3.63, 3.8) is 0 Å². The molecule has 3 rings (SSSR count). The minimum absolute atomic E-state index is 0.198. The first-order valence-electron chi connectivity index (χ1n) is 9.22. The lowest BCUT2D eigenvalue weighted by atomic mass is 10.0. The zero-order valence-corrected chi connectivity index (χ0v) is 17.5. The van der Waals surface area contributed by atoms with E-state index in [9.17, 15) is 26.8 Å². The van der Waals surface area contributed by atoms with Crippen LogP contribution in [0.25, 0.3) is 11.0 Å². The number of hydrogen-bond acceptors (Lipinski definition) is 6. The van der Waals surface area contributed by atoms with Gasteiger partial charge in [-0.05, 0) is 30.2 Å². The molecule has 0 fully saturated rings. The van der Waals surface area contributed by atoms with Crippen LogP contribution in [0.2, 0.25) is 0 Å². The second-order valence-electron chi connectivity index (χ2n) is 6.74. The highest BCUT2D eigenvalue weighted by Crippen LogP contribution is 2.25. The SMILES string of the molecule is CCCS(=O)(=O)Nc1ccc(F)c(C(=O)Cc2cnc3[nH]cc(C(=O)OC)c3c2)c1F. The number of nitrogens with one attached hydrogen (secondary N) is 2. The highest BCUT2D eigenvalue weighted by molar-refractivity contribution is 7.92. The summed E-state index contributed by atoms with van der Waals surface area (Å²) in [5.41, 5.74) is -0.493. The first-order valence-corrected chi connectivity index (χ1v) is 10.9. The van der Waals surface area contributed by atoms with Gasteiger partial charge in [0.05, 0.1) is 29.7 Å². The lowest BCUT2D eigenvalue weighted by molar-refractivity contribution is 0.0603. The van der Waals surface area contributed by atoms with Gasteiger partial charge in [-0.1, -0.05) is 6.92 Å². The number of ether oxygens (including phenoxy) is 1. The number of sulfonamides is 1. The number of hydrogen-bond donors (Lipinski definition) is 2. The summed E-state index contributed by atoms with van der Waals surface area (Å²) in [6.45, 7) is 1.64. The Morgan fingerprint density at radius 3 is 2.68 bits per heavy atom. The maximum absolute atomic E-state index is 14.8. The third-order valence-corrected chi connectivity index (χ3v) is 5.94. The van der Waals surface area contributed by atoms with E-state index in [-0.39, 0.29) is 11.3 Å². The second kappa shape index (κ2) is 8.80. The van der Waals surface area contributed by atoms with Gasteiger partial charge in [-0.15, -0.1) is 0 Å². The Morgan fingerprint density at radius 1 is 1.26 bits per heavy atom. The van der Waals surface area contributed by atoms with E-state index in [0.29, 0.717) is 23.0 Å². The van der Waals surface area contributed by atoms with Crippen LogP contribution in [0.4, 0.5) is 14.5 Å². The van der Waals surface area contributed by atoms with Crippen molar-refractivity contribution in [1.82, 2.24) is 9.97 Å². The Balaban J connectivity index is 1.93. The normalized spacial score (nSPS) is 11.5. The number of nitrogens with zero attached hydrogens (tertiary/aromatic N) is 1. The first kappa shape index (κ1) is 22.3. The largest absolute Gasteiger partial charge is 0.465 e. The molecule has 11 heteroatoms. The van der Waals surface area contributed by atoms with Crippen molar-refractivity contribution in [2.45, 2.75) is 19.8 Å². The van der Waals surface area contributed by atoms with Gasteiger partial charge in [0.15, 0.2) is 11.6 Å². The van der Waals surface area contributed by atoms with E-state index in [4.69, 9.17) is 0 Å². The van der Waals surface area contributed by atoms with Crippen LogP contribution in [-0.4, -0.2) is 43.0 Å². The van der Waals surface area contributed by atoms with Crippen molar-refractivity contribution in [3.8, 4) is 0 Å². The Morgan fingerprint density at radius 2 is 2.00 bits per heavy atom. The van der Waals surface area contributed by atoms with Crippen LogP contribution in [0.3, 0.4) is 0 Å². The summed E-state index contributed by atoms with van der Waals surface area (Å²) in [5.74, 6) is -4.19. The second-order valence-corrected chi connectivity index (χ2v) is 8.58. The monoisotopic (exact) mass is 451 g/mol. The number of carbonyl (C=O) groups excluding carboxylic acids is 2. The van der Waals surface area contributed by atoms with E-state index in [1.807, 2.05) is 4.72 Å². The molecule has 164 valence electrons. The number of aromatic amines is 1. The average molecular weight is 451 g/mol. The number of pyridine rings is 1. The predicted octanol–water partition coefficient (Wildman–Crippen LogP) is 3.20. The highest BCUT2D eigenvalue weighted by Gasteiger charge is 2.23. The molecule has 0 bridgehead atoms. The molecule has 2 N–H and O–H groups in total. The number of rotatable bonds is 8. The maximum Gasteiger partial charge on any atom is 0.340 e. The number of ketones is 1. The highest BCUT2D eigenvalue weighted by atomic mass is 32.2. The number of benzene rings is 1. The zero-order chi connectivity index (χ0) is 22.8. The number of H-pyrrole nitrogens is 1. The molecule has 0 saturated carbocycles. The summed E-state index contributed by atoms with van der Waals surface area (Å²) in [7, 11) is -2.62. The third kappa shape index (κ3) is 4.71. The van der Waals surface area contributed by atoms with Crippen molar-refractivity contribution in [2.24, 2.45) is 0 Å². The van der Waals surface area contributed by atoms with Crippen molar-refractivity contribution in [3.05, 3.63) is 58.9 Å². The molecule has 0 amide bonds. The Bertz CT molecular complexity index is 1270. The fraction of sp³-hybridized carbons (Fsp3) is 0.250. The van der Waals surface area contributed by atoms with E-state index in [0.717, 1.165) is 12.1 Å². The quantitative estimate of drug-likeness (QED) is 0.401. The van der Waals surface area contributed by atoms with Crippen LogP contribution in [0.15, 0.2) is 30.6 Å². The van der Waals surface area contributed by atoms with Gasteiger partial charge >= 0.3 is 5.97 Å². The summed E-state index contributed by atoms with van der Waals surface area (Å²) in [5, 5.41) is 0.388. The van der Waals surface area contributed by atoms with Crippen LogP contribution in [-0.2, 0) is 21.2 Å². The van der Waals surface area contributed by atoms with Gasteiger partial charge in [0.25, 0.3) is 0 Å². The standard InChI is InChI=1S/C20H19F2N3O5S/c1-3-6-31(28,29)25-15-5-4-14(21)17(18(15)22)16(26)8-11-7-12-13(20(27)30-2)10-24-19(12)23-9-11/h4-5,7,9-10,25H,3,6,8H2,1-2H3,(H,23,24). The number of esters is 1. The van der Waals surface area contributed by atoms with E-state index < -0.39 is 51.1 Å². The van der Waals surface area contributed by atoms with Crippen LogP contribution in [0, 0.1) is 11.6 Å². The van der Waals surface area contributed by atoms with E-state index in [2.05, 4.69) is 14.7 Å². The summed E-state index contributed by atoms with van der Waals surface area (Å²) >= 11 is 0. The molecule has 0 spiro atoms. The molecule has 0 aliphatic carbocycles. The number of anilines is 1. The smallest absolute Gasteiger partial charge is 0.340 e. The summed E-state index contributed by atoms with van der Waals surface area (Å²) in [6, 6.07) is 3.24. The zero-order valence-electron chi connectivity index (χ0n) is 16.7. The maximum atomic E-state index is 14.8. The molecule has 8 nitrogen and oxygen atoms in total. The number of aromatic nitrogens is 2. The number of fused-ring (bicyclic) bond motifs is 1. The van der Waals surface area contributed by atoms with Crippen LogP contribution >= 0.6 is 0 Å². The molecule has 0 radical (unpaired) electrons. The van der Waals surface area contributed by atoms with Gasteiger partial charge < -0.3 is 9.72 Å². The van der Waals surface area contributed by atoms with Crippen LogP contribution in [0.5, 0.6) is 0 Å². The number of carbonyl (C=O) groups is 2. The van der Waals surface area contributed by atoms with E-state index in [1.165, 1.54) is 25.6 Å². The molecule has 0 saturated heterocycles. The molecule has 0 aliphatic heterocycles. The minimum atomic E-state index is -3.84. The molecule has 1 aromatic carbocycles. The number of Topliss-reactive ketones (excluding diaryl/α,β-unsaturated/α-hetero) is 1. The summed E-state index contributed by atoms with van der Waals surface area (Å²) in [4.78, 5) is 31.4. The van der Waals surface area contributed by atoms with E-state index >= 15 is 0 Å². The topological polar surface area (TPSA) is 118 Å². The summed E-state index contributed by atoms with van der Waals surface area (Å²) < 4.78 is 59.6. The predicted molar refractivity (Wildman–Crippen MR) is 110 cm³/mol. The molecule has 31 heavy (non-hydrogen) atoms. The lowest BCUT2D eigenvalue weighted by Gasteiger charge is -2.11. The van der Waals surface area contributed by atoms with Crippen molar-refractivity contribution in [2.75, 3.05) is 17.6 Å². The van der Waals surface area contributed by atoms with Gasteiger partial charge in [0, 0.05) is 24.2 Å².